The van der Waals surface area contributed by atoms with Crippen LogP contribution in [0.1, 0.15) is 26.3 Å². The summed E-state index contributed by atoms with van der Waals surface area (Å²) in [4.78, 5) is 30.1. The predicted molar refractivity (Wildman–Crippen MR) is 123 cm³/mol. The fourth-order valence-electron chi connectivity index (χ4n) is 3.11. The van der Waals surface area contributed by atoms with Gasteiger partial charge < -0.3 is 15.5 Å². The summed E-state index contributed by atoms with van der Waals surface area (Å²) in [7, 11) is 1.85. The average molecular weight is 426 g/mol. The van der Waals surface area contributed by atoms with Crippen LogP contribution in [0, 0.1) is 6.92 Å². The molecule has 2 amide bonds. The first-order valence-electron chi connectivity index (χ1n) is 10.1. The molecule has 2 aromatic carbocycles. The molecule has 30 heavy (non-hydrogen) atoms. The lowest BCUT2D eigenvalue weighted by Crippen LogP contribution is -3.15. The number of quaternary nitrogens is 1. The highest BCUT2D eigenvalue weighted by molar-refractivity contribution is 7.21. The van der Waals surface area contributed by atoms with E-state index in [9.17, 15) is 9.59 Å². The number of hydrogen-bond donors (Lipinski definition) is 3. The van der Waals surface area contributed by atoms with E-state index in [0.717, 1.165) is 26.7 Å². The molecule has 158 valence electrons. The first-order chi connectivity index (χ1) is 14.2. The molecule has 7 heteroatoms. The van der Waals surface area contributed by atoms with Gasteiger partial charge in [-0.15, -0.1) is 11.3 Å². The second-order valence-electron chi connectivity index (χ2n) is 8.02. The fourth-order valence-corrected chi connectivity index (χ4v) is 4.17. The number of thiazole rings is 1. The summed E-state index contributed by atoms with van der Waals surface area (Å²) in [5, 5.41) is 6.76. The van der Waals surface area contributed by atoms with Crippen LogP contribution in [0.15, 0.2) is 42.5 Å². The molecule has 0 fully saturated rings. The van der Waals surface area contributed by atoms with E-state index in [0.29, 0.717) is 0 Å². The first kappa shape index (κ1) is 21.9. The van der Waals surface area contributed by atoms with Crippen LogP contribution in [0.5, 0.6) is 0 Å². The number of aromatic nitrogens is 1. The maximum atomic E-state index is 12.6. The minimum atomic E-state index is -0.352. The Labute approximate surface area is 181 Å². The van der Waals surface area contributed by atoms with Gasteiger partial charge in [-0.2, -0.15) is 0 Å². The quantitative estimate of drug-likeness (QED) is 0.545. The number of hydrogen-bond acceptors (Lipinski definition) is 4. The highest BCUT2D eigenvalue weighted by atomic mass is 32.1. The average Bonchev–Trinajstić information content (AvgIpc) is 3.10. The Morgan fingerprint density at radius 3 is 2.47 bits per heavy atom. The second kappa shape index (κ2) is 9.36. The van der Waals surface area contributed by atoms with Crippen molar-refractivity contribution in [3.8, 4) is 10.6 Å². The van der Waals surface area contributed by atoms with Gasteiger partial charge in [0.05, 0.1) is 17.3 Å². The van der Waals surface area contributed by atoms with Gasteiger partial charge in [-0.3, -0.25) is 9.59 Å². The zero-order valence-electron chi connectivity index (χ0n) is 18.1. The van der Waals surface area contributed by atoms with Gasteiger partial charge in [-0.05, 0) is 69.7 Å². The Balaban J connectivity index is 1.63. The molecular formula is C23H29N4O2S+. The van der Waals surface area contributed by atoms with Crippen molar-refractivity contribution in [2.75, 3.05) is 18.9 Å². The number of anilines is 1. The van der Waals surface area contributed by atoms with Gasteiger partial charge in [-0.25, -0.2) is 4.98 Å². The number of carbonyl (C=O) groups is 2. The number of aryl methyl sites for hydroxylation is 1. The minimum Gasteiger partial charge on any atom is -0.349 e. The molecule has 0 saturated heterocycles. The van der Waals surface area contributed by atoms with Crippen LogP contribution in [-0.4, -0.2) is 42.5 Å². The lowest BCUT2D eigenvalue weighted by molar-refractivity contribution is -0.885. The number of nitrogens with one attached hydrogen (secondary N) is 3. The molecule has 0 bridgehead atoms. The Hall–Kier alpha value is -2.77. The molecule has 1 unspecified atom stereocenters. The van der Waals surface area contributed by atoms with E-state index >= 15 is 0 Å². The van der Waals surface area contributed by atoms with Crippen molar-refractivity contribution in [1.29, 1.82) is 0 Å². The summed E-state index contributed by atoms with van der Waals surface area (Å²) < 4.78 is 1.17. The smallest absolute Gasteiger partial charge is 0.282 e. The van der Waals surface area contributed by atoms with Gasteiger partial charge in [0.2, 0.25) is 0 Å². The zero-order chi connectivity index (χ0) is 21.8. The third kappa shape index (κ3) is 5.43. The molecule has 1 heterocycles. The molecule has 0 aliphatic rings. The third-order valence-corrected chi connectivity index (χ3v) is 6.03. The number of benzene rings is 2. The summed E-state index contributed by atoms with van der Waals surface area (Å²) >= 11 is 1.66. The first-order valence-corrected chi connectivity index (χ1v) is 10.9. The number of nitrogens with zero attached hydrogens (tertiary/aromatic N) is 1. The molecule has 1 aromatic heterocycles. The van der Waals surface area contributed by atoms with E-state index in [-0.39, 0.29) is 30.4 Å². The van der Waals surface area contributed by atoms with Crippen LogP contribution in [0.2, 0.25) is 0 Å². The number of likely N-dealkylation sites (N-methyl/N-ethyl adjacent to an activating group) is 1. The van der Waals surface area contributed by atoms with Crippen LogP contribution in [0.4, 0.5) is 5.69 Å². The minimum absolute atomic E-state index is 0.0578. The van der Waals surface area contributed by atoms with Crippen LogP contribution < -0.4 is 15.5 Å². The van der Waals surface area contributed by atoms with E-state index in [4.69, 9.17) is 4.98 Å². The van der Waals surface area contributed by atoms with Crippen LogP contribution in [0.3, 0.4) is 0 Å². The monoisotopic (exact) mass is 425 g/mol. The van der Waals surface area contributed by atoms with Crippen molar-refractivity contribution in [1.82, 2.24) is 10.3 Å². The molecule has 3 N–H and O–H groups in total. The molecule has 0 aliphatic carbocycles. The Morgan fingerprint density at radius 2 is 1.80 bits per heavy atom. The van der Waals surface area contributed by atoms with Gasteiger partial charge in [0.15, 0.2) is 12.6 Å². The normalized spacial score (nSPS) is 13.3. The Kier molecular flexibility index (Phi) is 6.84. The molecule has 3 aromatic rings. The third-order valence-electron chi connectivity index (χ3n) is 4.96. The fraction of sp³-hybridized carbons (Fsp3) is 0.348. The van der Waals surface area contributed by atoms with E-state index in [2.05, 4.69) is 29.7 Å². The van der Waals surface area contributed by atoms with Crippen molar-refractivity contribution in [2.24, 2.45) is 0 Å². The van der Waals surface area contributed by atoms with Gasteiger partial charge >= 0.3 is 0 Å². The molecule has 3 rings (SSSR count). The maximum absolute atomic E-state index is 12.6. The summed E-state index contributed by atoms with van der Waals surface area (Å²) in [6.45, 7) is 7.99. The van der Waals surface area contributed by atoms with Gasteiger partial charge in [-0.1, -0.05) is 6.07 Å². The van der Waals surface area contributed by atoms with Crippen molar-refractivity contribution >= 4 is 39.1 Å². The zero-order valence-corrected chi connectivity index (χ0v) is 18.9. The Bertz CT molecular complexity index is 1040. The van der Waals surface area contributed by atoms with Crippen molar-refractivity contribution < 1.29 is 14.5 Å². The summed E-state index contributed by atoms with van der Waals surface area (Å²) in [5.74, 6) is -0.175. The summed E-state index contributed by atoms with van der Waals surface area (Å²) in [6, 6.07) is 13.7. The lowest BCUT2D eigenvalue weighted by atomic mass is 10.2. The van der Waals surface area contributed by atoms with E-state index in [1.54, 1.807) is 11.3 Å². The largest absolute Gasteiger partial charge is 0.349 e. The maximum Gasteiger partial charge on any atom is 0.282 e. The molecule has 0 saturated carbocycles. The van der Waals surface area contributed by atoms with Crippen molar-refractivity contribution in [2.45, 2.75) is 39.8 Å². The van der Waals surface area contributed by atoms with Gasteiger partial charge in [0.1, 0.15) is 5.01 Å². The van der Waals surface area contributed by atoms with Crippen LogP contribution >= 0.6 is 11.3 Å². The van der Waals surface area contributed by atoms with E-state index < -0.39 is 0 Å². The van der Waals surface area contributed by atoms with Crippen LogP contribution in [-0.2, 0) is 9.59 Å². The number of carbonyl (C=O) groups excluding carboxylic acids is 2. The highest BCUT2D eigenvalue weighted by Crippen LogP contribution is 2.31. The Morgan fingerprint density at radius 1 is 1.10 bits per heavy atom. The van der Waals surface area contributed by atoms with Crippen molar-refractivity contribution in [3.05, 3.63) is 48.0 Å². The summed E-state index contributed by atoms with van der Waals surface area (Å²) in [6.07, 6.45) is 0. The lowest BCUT2D eigenvalue weighted by Gasteiger charge is -2.21. The SMILES string of the molecule is Cc1ccc2nc(-c3ccc(NC(=O)[C@@H](C)[NH+](C)CC(=O)NC(C)C)cc3)sc2c1. The van der Waals surface area contributed by atoms with Crippen LogP contribution in [0.25, 0.3) is 20.8 Å². The molecule has 0 radical (unpaired) electrons. The number of amides is 2. The standard InChI is InChI=1S/C23H28N4O2S/c1-14(2)24-21(28)13-27(5)16(4)22(29)25-18-9-7-17(8-10-18)23-26-19-11-6-15(3)12-20(19)30-23/h6-12,14,16H,13H2,1-5H3,(H,24,28)(H,25,29)/p+1/t16-/m1/s1. The molecule has 0 spiro atoms. The molecule has 2 atom stereocenters. The van der Waals surface area contributed by atoms with Gasteiger partial charge in [0, 0.05) is 17.3 Å². The summed E-state index contributed by atoms with van der Waals surface area (Å²) in [5.41, 5.74) is 3.97. The topological polar surface area (TPSA) is 75.5 Å². The predicted octanol–water partition coefficient (Wildman–Crippen LogP) is 2.64. The molecule has 0 aliphatic heterocycles. The molecule has 6 nitrogen and oxygen atoms in total. The molecular weight excluding hydrogens is 396 g/mol. The second-order valence-corrected chi connectivity index (χ2v) is 9.05. The van der Waals surface area contributed by atoms with E-state index in [1.807, 2.05) is 58.2 Å². The van der Waals surface area contributed by atoms with Crippen molar-refractivity contribution in [3.63, 3.8) is 0 Å². The number of fused-ring (bicyclic) bond motifs is 1. The highest BCUT2D eigenvalue weighted by Gasteiger charge is 2.24. The number of rotatable bonds is 7. The van der Waals surface area contributed by atoms with Gasteiger partial charge in [0.25, 0.3) is 11.8 Å². The van der Waals surface area contributed by atoms with E-state index in [1.165, 1.54) is 10.3 Å².